The van der Waals surface area contributed by atoms with Gasteiger partial charge in [0, 0.05) is 18.7 Å². The van der Waals surface area contributed by atoms with Crippen LogP contribution in [0.15, 0.2) is 12.1 Å². The number of hydrogen-bond acceptors (Lipinski definition) is 5. The van der Waals surface area contributed by atoms with E-state index in [1.807, 2.05) is 11.9 Å². The molecular formula is C18H26ClN3O4. The number of likely N-dealkylation sites (tertiary alicyclic amines) is 1. The summed E-state index contributed by atoms with van der Waals surface area (Å²) in [7, 11) is 3.40. The van der Waals surface area contributed by atoms with Crippen molar-refractivity contribution in [3.05, 3.63) is 22.7 Å². The summed E-state index contributed by atoms with van der Waals surface area (Å²) < 4.78 is 10.5. The molecule has 8 heteroatoms. The maximum atomic E-state index is 12.8. The fourth-order valence-electron chi connectivity index (χ4n) is 3.08. The normalized spacial score (nSPS) is 15.0. The molecule has 0 aromatic heterocycles. The Labute approximate surface area is 158 Å². The van der Waals surface area contributed by atoms with Crippen LogP contribution >= 0.6 is 11.6 Å². The maximum Gasteiger partial charge on any atom is 0.255 e. The van der Waals surface area contributed by atoms with Gasteiger partial charge in [-0.3, -0.25) is 9.59 Å². The molecule has 1 aromatic carbocycles. The van der Waals surface area contributed by atoms with E-state index in [0.29, 0.717) is 17.2 Å². The zero-order valence-corrected chi connectivity index (χ0v) is 16.0. The highest BCUT2D eigenvalue weighted by Crippen LogP contribution is 2.37. The minimum absolute atomic E-state index is 0.0845. The van der Waals surface area contributed by atoms with Crippen LogP contribution in [0.4, 0.5) is 0 Å². The molecule has 0 aliphatic carbocycles. The molecule has 7 nitrogen and oxygen atoms in total. The number of nitrogens with one attached hydrogen (secondary N) is 1. The summed E-state index contributed by atoms with van der Waals surface area (Å²) in [5.74, 6) is 0.443. The SMILES string of the molecule is CNCCC1CCN(C(=O)c2cc(Cl)c(OCC(N)=O)c(OC)c2)CC1. The van der Waals surface area contributed by atoms with E-state index in [0.717, 1.165) is 38.9 Å². The van der Waals surface area contributed by atoms with E-state index in [-0.39, 0.29) is 23.3 Å². The summed E-state index contributed by atoms with van der Waals surface area (Å²) in [5.41, 5.74) is 5.52. The first-order valence-corrected chi connectivity index (χ1v) is 9.06. The van der Waals surface area contributed by atoms with Gasteiger partial charge in [0.2, 0.25) is 0 Å². The van der Waals surface area contributed by atoms with Gasteiger partial charge in [0.1, 0.15) is 0 Å². The van der Waals surface area contributed by atoms with Gasteiger partial charge < -0.3 is 25.4 Å². The number of benzene rings is 1. The first-order chi connectivity index (χ1) is 12.5. The molecule has 3 N–H and O–H groups in total. The molecule has 0 radical (unpaired) electrons. The Balaban J connectivity index is 2.07. The molecule has 0 spiro atoms. The van der Waals surface area contributed by atoms with E-state index in [1.165, 1.54) is 13.2 Å². The molecule has 1 aromatic rings. The molecule has 1 saturated heterocycles. The Hall–Kier alpha value is -1.99. The fraction of sp³-hybridized carbons (Fsp3) is 0.556. The standard InChI is InChI=1S/C18H26ClN3O4/c1-21-6-3-12-4-7-22(8-5-12)18(24)13-9-14(19)17(15(10-13)25-2)26-11-16(20)23/h9-10,12,21H,3-8,11H2,1-2H3,(H2,20,23). The van der Waals surface area contributed by atoms with Gasteiger partial charge in [0.05, 0.1) is 12.1 Å². The van der Waals surface area contributed by atoms with Crippen molar-refractivity contribution in [2.24, 2.45) is 11.7 Å². The molecule has 0 bridgehead atoms. The van der Waals surface area contributed by atoms with Crippen LogP contribution in [0.25, 0.3) is 0 Å². The molecule has 2 rings (SSSR count). The molecule has 26 heavy (non-hydrogen) atoms. The largest absolute Gasteiger partial charge is 0.493 e. The van der Waals surface area contributed by atoms with Gasteiger partial charge in [-0.25, -0.2) is 0 Å². The highest BCUT2D eigenvalue weighted by Gasteiger charge is 2.25. The van der Waals surface area contributed by atoms with Crippen LogP contribution in [0, 0.1) is 5.92 Å². The number of nitrogens with two attached hydrogens (primary N) is 1. The van der Waals surface area contributed by atoms with E-state index in [4.69, 9.17) is 26.8 Å². The molecule has 1 aliphatic heterocycles. The smallest absolute Gasteiger partial charge is 0.255 e. The minimum atomic E-state index is -0.621. The highest BCUT2D eigenvalue weighted by molar-refractivity contribution is 6.32. The van der Waals surface area contributed by atoms with E-state index < -0.39 is 5.91 Å². The Morgan fingerprint density at radius 1 is 1.35 bits per heavy atom. The van der Waals surface area contributed by atoms with Gasteiger partial charge in [0.25, 0.3) is 11.8 Å². The predicted octanol–water partition coefficient (Wildman–Crippen LogP) is 1.67. The average Bonchev–Trinajstić information content (AvgIpc) is 2.64. The number of nitrogens with zero attached hydrogens (tertiary/aromatic N) is 1. The Bertz CT molecular complexity index is 646. The number of carbonyl (C=O) groups is 2. The summed E-state index contributed by atoms with van der Waals surface area (Å²) in [6.45, 7) is 2.14. The van der Waals surface area contributed by atoms with Crippen molar-refractivity contribution in [2.75, 3.05) is 40.4 Å². The first-order valence-electron chi connectivity index (χ1n) is 8.68. The molecule has 1 aliphatic rings. The van der Waals surface area contributed by atoms with Crippen LogP contribution < -0.4 is 20.5 Å². The third-order valence-corrected chi connectivity index (χ3v) is 4.82. The molecule has 0 saturated carbocycles. The third kappa shape index (κ3) is 5.25. The molecular weight excluding hydrogens is 358 g/mol. The van der Waals surface area contributed by atoms with Crippen molar-refractivity contribution in [1.82, 2.24) is 10.2 Å². The number of ether oxygens (including phenoxy) is 2. The summed E-state index contributed by atoms with van der Waals surface area (Å²) in [4.78, 5) is 25.5. The van der Waals surface area contributed by atoms with Crippen molar-refractivity contribution < 1.29 is 19.1 Å². The molecule has 1 fully saturated rings. The lowest BCUT2D eigenvalue weighted by Gasteiger charge is -2.32. The van der Waals surface area contributed by atoms with Gasteiger partial charge in [-0.05, 0) is 50.9 Å². The topological polar surface area (TPSA) is 93.9 Å². The molecule has 0 atom stereocenters. The predicted molar refractivity (Wildman–Crippen MR) is 99.9 cm³/mol. The van der Waals surface area contributed by atoms with Crippen LogP contribution in [-0.4, -0.2) is 57.1 Å². The second-order valence-electron chi connectivity index (χ2n) is 6.37. The number of amides is 2. The average molecular weight is 384 g/mol. The number of halogens is 1. The molecule has 2 amide bonds. The molecule has 0 unspecified atom stereocenters. The van der Waals surface area contributed by atoms with E-state index >= 15 is 0 Å². The van der Waals surface area contributed by atoms with Crippen LogP contribution in [0.1, 0.15) is 29.6 Å². The lowest BCUT2D eigenvalue weighted by Crippen LogP contribution is -2.39. The van der Waals surface area contributed by atoms with E-state index in [9.17, 15) is 9.59 Å². The maximum absolute atomic E-state index is 12.8. The molecule has 1 heterocycles. The van der Waals surface area contributed by atoms with Gasteiger partial charge in [0.15, 0.2) is 18.1 Å². The van der Waals surface area contributed by atoms with Gasteiger partial charge in [-0.15, -0.1) is 0 Å². The lowest BCUT2D eigenvalue weighted by atomic mass is 9.93. The Kier molecular flexibility index (Phi) is 7.53. The van der Waals surface area contributed by atoms with Crippen LogP contribution in [-0.2, 0) is 4.79 Å². The highest BCUT2D eigenvalue weighted by atomic mass is 35.5. The quantitative estimate of drug-likeness (QED) is 0.712. The summed E-state index contributed by atoms with van der Waals surface area (Å²) >= 11 is 6.23. The van der Waals surface area contributed by atoms with Crippen molar-refractivity contribution in [2.45, 2.75) is 19.3 Å². The third-order valence-electron chi connectivity index (χ3n) is 4.54. The van der Waals surface area contributed by atoms with Crippen molar-refractivity contribution in [1.29, 1.82) is 0 Å². The summed E-state index contributed by atoms with van der Waals surface area (Å²) in [6, 6.07) is 3.12. The second-order valence-corrected chi connectivity index (χ2v) is 6.78. The number of piperidine rings is 1. The zero-order valence-electron chi connectivity index (χ0n) is 15.2. The van der Waals surface area contributed by atoms with Crippen molar-refractivity contribution >= 4 is 23.4 Å². The van der Waals surface area contributed by atoms with Gasteiger partial charge >= 0.3 is 0 Å². The fourth-order valence-corrected chi connectivity index (χ4v) is 3.35. The number of methoxy groups -OCH3 is 1. The number of hydrogen-bond donors (Lipinski definition) is 2. The minimum Gasteiger partial charge on any atom is -0.493 e. The van der Waals surface area contributed by atoms with Gasteiger partial charge in [-0.1, -0.05) is 11.6 Å². The second kappa shape index (κ2) is 9.64. The van der Waals surface area contributed by atoms with Crippen LogP contribution in [0.5, 0.6) is 11.5 Å². The van der Waals surface area contributed by atoms with Gasteiger partial charge in [-0.2, -0.15) is 0 Å². The Morgan fingerprint density at radius 3 is 2.62 bits per heavy atom. The van der Waals surface area contributed by atoms with Crippen molar-refractivity contribution in [3.8, 4) is 11.5 Å². The van der Waals surface area contributed by atoms with E-state index in [1.54, 1.807) is 6.07 Å². The van der Waals surface area contributed by atoms with E-state index in [2.05, 4.69) is 5.32 Å². The first kappa shape index (κ1) is 20.3. The summed E-state index contributed by atoms with van der Waals surface area (Å²) in [5, 5.41) is 3.37. The number of rotatable bonds is 8. The van der Waals surface area contributed by atoms with Crippen LogP contribution in [0.2, 0.25) is 5.02 Å². The zero-order chi connectivity index (χ0) is 19.1. The summed E-state index contributed by atoms with van der Waals surface area (Å²) in [6.07, 6.45) is 3.13. The number of primary amides is 1. The number of carbonyl (C=O) groups excluding carboxylic acids is 2. The Morgan fingerprint density at radius 2 is 2.04 bits per heavy atom. The van der Waals surface area contributed by atoms with Crippen molar-refractivity contribution in [3.63, 3.8) is 0 Å². The monoisotopic (exact) mass is 383 g/mol. The lowest BCUT2D eigenvalue weighted by molar-refractivity contribution is -0.119. The molecule has 144 valence electrons. The van der Waals surface area contributed by atoms with Crippen LogP contribution in [0.3, 0.4) is 0 Å².